The molecule has 21 heavy (non-hydrogen) atoms. The van der Waals surface area contributed by atoms with Gasteiger partial charge in [0.15, 0.2) is 0 Å². The molecule has 3 nitrogen and oxygen atoms in total. The van der Waals surface area contributed by atoms with Crippen LogP contribution in [-0.2, 0) is 0 Å². The fraction of sp³-hybridized carbons (Fsp3) is 0.438. The third-order valence-electron chi connectivity index (χ3n) is 3.63. The minimum absolute atomic E-state index is 0.543. The molecule has 3 aromatic rings. The zero-order valence-corrected chi connectivity index (χ0v) is 14.2. The largest absolute Gasteiger partial charge is 0.492 e. The Kier molecular flexibility index (Phi) is 4.42. The fourth-order valence-corrected chi connectivity index (χ4v) is 4.15. The number of benzene rings is 1. The van der Waals surface area contributed by atoms with Crippen LogP contribution in [0, 0.1) is 6.92 Å². The quantitative estimate of drug-likeness (QED) is 0.675. The van der Waals surface area contributed by atoms with E-state index in [0.29, 0.717) is 12.6 Å². The van der Waals surface area contributed by atoms with Gasteiger partial charge < -0.3 is 10.1 Å². The summed E-state index contributed by atoms with van der Waals surface area (Å²) in [5.41, 5.74) is 1.12. The number of hydrogen-bond acceptors (Lipinski definition) is 5. The van der Waals surface area contributed by atoms with Gasteiger partial charge in [0.25, 0.3) is 0 Å². The molecule has 0 spiro atoms. The molecule has 2 aromatic heterocycles. The van der Waals surface area contributed by atoms with E-state index in [1.165, 1.54) is 14.8 Å². The van der Waals surface area contributed by atoms with E-state index >= 15 is 0 Å². The maximum atomic E-state index is 6.01. The molecule has 1 N–H and O–H groups in total. The molecule has 0 fully saturated rings. The fourth-order valence-electron chi connectivity index (χ4n) is 2.32. The van der Waals surface area contributed by atoms with E-state index in [0.717, 1.165) is 29.2 Å². The van der Waals surface area contributed by atoms with Crippen molar-refractivity contribution in [3.63, 3.8) is 0 Å². The van der Waals surface area contributed by atoms with Crippen LogP contribution >= 0.6 is 22.7 Å². The third kappa shape index (κ3) is 3.05. The second kappa shape index (κ2) is 6.30. The highest BCUT2D eigenvalue weighted by atomic mass is 32.1. The van der Waals surface area contributed by atoms with Crippen LogP contribution in [0.25, 0.3) is 20.3 Å². The highest BCUT2D eigenvalue weighted by molar-refractivity contribution is 7.21. The lowest BCUT2D eigenvalue weighted by Crippen LogP contribution is -2.29. The van der Waals surface area contributed by atoms with Gasteiger partial charge in [0.2, 0.25) is 0 Å². The molecule has 3 rings (SSSR count). The van der Waals surface area contributed by atoms with Crippen LogP contribution in [0.1, 0.15) is 25.3 Å². The van der Waals surface area contributed by atoms with Crippen LogP contribution in [0.2, 0.25) is 0 Å². The maximum Gasteiger partial charge on any atom is 0.129 e. The van der Waals surface area contributed by atoms with Gasteiger partial charge in [-0.25, -0.2) is 4.98 Å². The van der Waals surface area contributed by atoms with Gasteiger partial charge in [-0.05, 0) is 31.7 Å². The van der Waals surface area contributed by atoms with Gasteiger partial charge in [-0.15, -0.1) is 22.7 Å². The number of aryl methyl sites for hydroxylation is 1. The Hall–Kier alpha value is -1.17. The van der Waals surface area contributed by atoms with Crippen molar-refractivity contribution in [3.05, 3.63) is 22.5 Å². The Labute approximate surface area is 133 Å². The van der Waals surface area contributed by atoms with Crippen molar-refractivity contribution in [3.8, 4) is 5.75 Å². The molecule has 0 saturated heterocycles. The molecule has 0 radical (unpaired) electrons. The van der Waals surface area contributed by atoms with Crippen molar-refractivity contribution in [2.75, 3.05) is 13.2 Å². The maximum absolute atomic E-state index is 6.01. The first-order chi connectivity index (χ1) is 10.2. The molecular formula is C16H20N2OS2. The number of fused-ring (bicyclic) bond motifs is 3. The number of nitrogens with zero attached hydrogens (tertiary/aromatic N) is 1. The van der Waals surface area contributed by atoms with Gasteiger partial charge in [0.05, 0.1) is 19.9 Å². The predicted octanol–water partition coefficient (Wildman–Crippen LogP) is 4.59. The molecule has 0 amide bonds. The van der Waals surface area contributed by atoms with Crippen molar-refractivity contribution in [2.24, 2.45) is 0 Å². The first kappa shape index (κ1) is 14.8. The normalized spacial score (nSPS) is 13.1. The minimum Gasteiger partial charge on any atom is -0.492 e. The lowest BCUT2D eigenvalue weighted by molar-refractivity contribution is 0.310. The molecule has 1 atom stereocenters. The summed E-state index contributed by atoms with van der Waals surface area (Å²) in [4.78, 5) is 4.65. The second-order valence-electron chi connectivity index (χ2n) is 5.23. The lowest BCUT2D eigenvalue weighted by Gasteiger charge is -2.12. The Morgan fingerprint density at radius 3 is 3.10 bits per heavy atom. The minimum atomic E-state index is 0.543. The van der Waals surface area contributed by atoms with Crippen molar-refractivity contribution in [1.82, 2.24) is 10.3 Å². The van der Waals surface area contributed by atoms with E-state index < -0.39 is 0 Å². The molecule has 1 aromatic carbocycles. The summed E-state index contributed by atoms with van der Waals surface area (Å²) in [6.45, 7) is 8.01. The third-order valence-corrected chi connectivity index (χ3v) is 5.47. The van der Waals surface area contributed by atoms with Crippen molar-refractivity contribution < 1.29 is 4.74 Å². The van der Waals surface area contributed by atoms with Crippen LogP contribution in [0.3, 0.4) is 0 Å². The molecule has 1 unspecified atom stereocenters. The topological polar surface area (TPSA) is 34.1 Å². The molecule has 0 aliphatic carbocycles. The van der Waals surface area contributed by atoms with E-state index in [1.807, 2.05) is 0 Å². The molecule has 0 bridgehead atoms. The van der Waals surface area contributed by atoms with E-state index in [1.54, 1.807) is 22.7 Å². The molecular weight excluding hydrogens is 300 g/mol. The summed E-state index contributed by atoms with van der Waals surface area (Å²) in [6, 6.07) is 4.81. The summed E-state index contributed by atoms with van der Waals surface area (Å²) in [5, 5.41) is 7.86. The van der Waals surface area contributed by atoms with Gasteiger partial charge in [-0.1, -0.05) is 6.92 Å². The number of nitrogens with one attached hydrogen (secondary N) is 1. The predicted molar refractivity (Wildman–Crippen MR) is 93.0 cm³/mol. The first-order valence-electron chi connectivity index (χ1n) is 7.32. The molecule has 5 heteroatoms. The monoisotopic (exact) mass is 320 g/mol. The summed E-state index contributed by atoms with van der Waals surface area (Å²) in [7, 11) is 0. The Morgan fingerprint density at radius 2 is 2.29 bits per heavy atom. The van der Waals surface area contributed by atoms with Crippen molar-refractivity contribution >= 4 is 43.0 Å². The lowest BCUT2D eigenvalue weighted by atomic mass is 10.2. The SMILES string of the molecule is CCC(C)NCCOc1cc2sc(C)nc2c2sccc12. The number of ether oxygens (including phenoxy) is 1. The number of thiophene rings is 1. The number of thiazole rings is 1. The average Bonchev–Trinajstić information content (AvgIpc) is 3.08. The Balaban J connectivity index is 1.82. The van der Waals surface area contributed by atoms with Gasteiger partial charge in [-0.2, -0.15) is 0 Å². The van der Waals surface area contributed by atoms with Crippen molar-refractivity contribution in [1.29, 1.82) is 0 Å². The number of rotatable bonds is 6. The van der Waals surface area contributed by atoms with E-state index in [2.05, 4.69) is 48.6 Å². The van der Waals surface area contributed by atoms with Gasteiger partial charge >= 0.3 is 0 Å². The highest BCUT2D eigenvalue weighted by Gasteiger charge is 2.12. The van der Waals surface area contributed by atoms with E-state index in [9.17, 15) is 0 Å². The Bertz CT molecular complexity index is 747. The molecule has 0 aliphatic rings. The highest BCUT2D eigenvalue weighted by Crippen LogP contribution is 2.38. The van der Waals surface area contributed by atoms with Gasteiger partial charge in [0, 0.05) is 24.0 Å². The van der Waals surface area contributed by atoms with Crippen molar-refractivity contribution in [2.45, 2.75) is 33.2 Å². The molecule has 0 aliphatic heterocycles. The molecule has 0 saturated carbocycles. The summed E-state index contributed by atoms with van der Waals surface area (Å²) < 4.78 is 8.47. The van der Waals surface area contributed by atoms with Crippen LogP contribution in [0.15, 0.2) is 17.5 Å². The Morgan fingerprint density at radius 1 is 1.43 bits per heavy atom. The smallest absolute Gasteiger partial charge is 0.129 e. The summed E-state index contributed by atoms with van der Waals surface area (Å²) in [5.74, 6) is 0.980. The van der Waals surface area contributed by atoms with Crippen LogP contribution in [0.4, 0.5) is 0 Å². The number of hydrogen-bond donors (Lipinski definition) is 1. The zero-order valence-electron chi connectivity index (χ0n) is 12.6. The second-order valence-corrected chi connectivity index (χ2v) is 7.38. The molecule has 112 valence electrons. The standard InChI is InChI=1S/C16H20N2OS2/c1-4-10(2)17-6-7-19-13-9-14-15(18-11(3)21-14)16-12(13)5-8-20-16/h5,8-10,17H,4,6-7H2,1-3H3. The first-order valence-corrected chi connectivity index (χ1v) is 9.02. The van der Waals surface area contributed by atoms with Gasteiger partial charge in [0.1, 0.15) is 12.4 Å². The van der Waals surface area contributed by atoms with E-state index in [4.69, 9.17) is 4.74 Å². The van der Waals surface area contributed by atoms with E-state index in [-0.39, 0.29) is 0 Å². The molecule has 2 heterocycles. The summed E-state index contributed by atoms with van der Waals surface area (Å²) in [6.07, 6.45) is 1.14. The van der Waals surface area contributed by atoms with Crippen LogP contribution in [0.5, 0.6) is 5.75 Å². The average molecular weight is 320 g/mol. The van der Waals surface area contributed by atoms with Crippen LogP contribution in [-0.4, -0.2) is 24.2 Å². The zero-order chi connectivity index (χ0) is 14.8. The number of aromatic nitrogens is 1. The van der Waals surface area contributed by atoms with Crippen LogP contribution < -0.4 is 10.1 Å². The van der Waals surface area contributed by atoms with Gasteiger partial charge in [-0.3, -0.25) is 0 Å². The summed E-state index contributed by atoms with van der Waals surface area (Å²) >= 11 is 3.47.